The number of unbranched alkanes of at least 4 members (excludes halogenated alkanes) is 1. The Hall–Kier alpha value is -0.700. The molecular formula is C21H42N2O5S. The molecule has 0 heterocycles. The third-order valence-corrected chi connectivity index (χ3v) is 7.08. The molecule has 0 aliphatic heterocycles. The number of amides is 1. The molecule has 1 fully saturated rings. The van der Waals surface area contributed by atoms with Crippen LogP contribution in [0.15, 0.2) is 0 Å². The van der Waals surface area contributed by atoms with Crippen molar-refractivity contribution in [2.45, 2.75) is 103 Å². The lowest BCUT2D eigenvalue weighted by atomic mass is 9.83. The van der Waals surface area contributed by atoms with Gasteiger partial charge in [0, 0.05) is 13.0 Å². The number of sulfonamides is 1. The summed E-state index contributed by atoms with van der Waals surface area (Å²) in [6.07, 6.45) is 6.03. The number of hydrogen-bond donors (Lipinski definition) is 4. The van der Waals surface area contributed by atoms with E-state index in [9.17, 15) is 23.4 Å². The van der Waals surface area contributed by atoms with Crippen LogP contribution in [-0.2, 0) is 14.8 Å². The maximum Gasteiger partial charge on any atom is 0.220 e. The van der Waals surface area contributed by atoms with Crippen LogP contribution in [0.1, 0.15) is 85.0 Å². The summed E-state index contributed by atoms with van der Waals surface area (Å²) in [4.78, 5) is 12.4. The van der Waals surface area contributed by atoms with Crippen LogP contribution in [0.2, 0.25) is 0 Å². The second-order valence-corrected chi connectivity index (χ2v) is 10.8. The summed E-state index contributed by atoms with van der Waals surface area (Å²) in [5.74, 6) is 0.0448. The molecule has 1 saturated carbocycles. The van der Waals surface area contributed by atoms with Crippen molar-refractivity contribution < 1.29 is 23.4 Å². The minimum Gasteiger partial charge on any atom is -0.389 e. The molecule has 1 aliphatic carbocycles. The SMILES string of the molecule is CCCCNS(=O)(=O)C[C@@H](O)[C@H](O)[C@H](CC1CCCCC1)NC(=O)CCC(C)C. The molecular weight excluding hydrogens is 392 g/mol. The lowest BCUT2D eigenvalue weighted by molar-refractivity contribution is -0.123. The summed E-state index contributed by atoms with van der Waals surface area (Å²) in [6, 6.07) is -0.640. The molecule has 0 radical (unpaired) electrons. The molecule has 29 heavy (non-hydrogen) atoms. The third-order valence-electron chi connectivity index (χ3n) is 5.66. The van der Waals surface area contributed by atoms with Crippen molar-refractivity contribution in [3.05, 3.63) is 0 Å². The van der Waals surface area contributed by atoms with Crippen molar-refractivity contribution >= 4 is 15.9 Å². The molecule has 8 heteroatoms. The first-order chi connectivity index (χ1) is 13.6. The van der Waals surface area contributed by atoms with E-state index >= 15 is 0 Å². The first kappa shape index (κ1) is 26.3. The highest BCUT2D eigenvalue weighted by Crippen LogP contribution is 2.28. The van der Waals surface area contributed by atoms with Gasteiger partial charge in [-0.2, -0.15) is 0 Å². The lowest BCUT2D eigenvalue weighted by Crippen LogP contribution is -2.52. The van der Waals surface area contributed by atoms with Crippen LogP contribution in [0, 0.1) is 11.8 Å². The second-order valence-electron chi connectivity index (χ2n) is 8.93. The molecule has 1 amide bonds. The number of aliphatic hydroxyl groups is 2. The fraction of sp³-hybridized carbons (Fsp3) is 0.952. The summed E-state index contributed by atoms with van der Waals surface area (Å²) in [7, 11) is -3.69. The molecule has 0 bridgehead atoms. The van der Waals surface area contributed by atoms with Gasteiger partial charge in [0.25, 0.3) is 0 Å². The summed E-state index contributed by atoms with van der Waals surface area (Å²) >= 11 is 0. The van der Waals surface area contributed by atoms with Crippen molar-refractivity contribution in [2.24, 2.45) is 11.8 Å². The van der Waals surface area contributed by atoms with E-state index in [0.29, 0.717) is 37.6 Å². The molecule has 172 valence electrons. The highest BCUT2D eigenvalue weighted by Gasteiger charge is 2.33. The van der Waals surface area contributed by atoms with E-state index in [0.717, 1.165) is 38.5 Å². The minimum absolute atomic E-state index is 0.158. The highest BCUT2D eigenvalue weighted by atomic mass is 32.2. The van der Waals surface area contributed by atoms with E-state index in [1.807, 2.05) is 20.8 Å². The van der Waals surface area contributed by atoms with Crippen LogP contribution in [0.25, 0.3) is 0 Å². The molecule has 1 rings (SSSR count). The van der Waals surface area contributed by atoms with Gasteiger partial charge in [0.1, 0.15) is 6.10 Å². The number of hydrogen-bond acceptors (Lipinski definition) is 5. The zero-order valence-electron chi connectivity index (χ0n) is 18.4. The normalized spacial score (nSPS) is 19.1. The first-order valence-electron chi connectivity index (χ1n) is 11.3. The van der Waals surface area contributed by atoms with Gasteiger partial charge in [-0.15, -0.1) is 0 Å². The molecule has 0 aromatic heterocycles. The van der Waals surface area contributed by atoms with E-state index in [-0.39, 0.29) is 5.91 Å². The van der Waals surface area contributed by atoms with Gasteiger partial charge < -0.3 is 15.5 Å². The summed E-state index contributed by atoms with van der Waals surface area (Å²) in [5, 5.41) is 24.0. The second kappa shape index (κ2) is 13.6. The van der Waals surface area contributed by atoms with E-state index in [1.165, 1.54) is 6.42 Å². The molecule has 3 atom stereocenters. The van der Waals surface area contributed by atoms with Gasteiger partial charge in [0.2, 0.25) is 15.9 Å². The zero-order chi connectivity index (χ0) is 21.9. The maximum absolute atomic E-state index is 12.4. The molecule has 7 nitrogen and oxygen atoms in total. The highest BCUT2D eigenvalue weighted by molar-refractivity contribution is 7.89. The van der Waals surface area contributed by atoms with Gasteiger partial charge in [-0.05, 0) is 31.1 Å². The van der Waals surface area contributed by atoms with Gasteiger partial charge in [-0.1, -0.05) is 59.3 Å². The zero-order valence-corrected chi connectivity index (χ0v) is 19.2. The Morgan fingerprint density at radius 3 is 2.38 bits per heavy atom. The Labute approximate surface area is 177 Å². The molecule has 0 unspecified atom stereocenters. The Bertz CT molecular complexity index is 561. The van der Waals surface area contributed by atoms with Gasteiger partial charge in [0.15, 0.2) is 0 Å². The minimum atomic E-state index is -3.69. The maximum atomic E-state index is 12.4. The molecule has 0 spiro atoms. The third kappa shape index (κ3) is 11.3. The van der Waals surface area contributed by atoms with Crippen molar-refractivity contribution in [2.75, 3.05) is 12.3 Å². The standard InChI is InChI=1S/C21H42N2O5S/c1-4-5-13-22-29(27,28)15-19(24)21(26)18(14-17-9-7-6-8-10-17)23-20(25)12-11-16(2)3/h16-19,21-22,24,26H,4-15H2,1-3H3,(H,23,25)/t18-,19+,21+/m0/s1. The topological polar surface area (TPSA) is 116 Å². The molecule has 0 saturated heterocycles. The average molecular weight is 435 g/mol. The van der Waals surface area contributed by atoms with Gasteiger partial charge in [-0.3, -0.25) is 4.79 Å². The number of carbonyl (C=O) groups excluding carboxylic acids is 1. The van der Waals surface area contributed by atoms with E-state index in [2.05, 4.69) is 10.0 Å². The van der Waals surface area contributed by atoms with E-state index < -0.39 is 34.0 Å². The monoisotopic (exact) mass is 434 g/mol. The van der Waals surface area contributed by atoms with Gasteiger partial charge in [0.05, 0.1) is 17.9 Å². The largest absolute Gasteiger partial charge is 0.389 e. The predicted molar refractivity (Wildman–Crippen MR) is 116 cm³/mol. The van der Waals surface area contributed by atoms with Crippen LogP contribution in [-0.4, -0.2) is 55.1 Å². The summed E-state index contributed by atoms with van der Waals surface area (Å²) < 4.78 is 26.8. The van der Waals surface area contributed by atoms with E-state index in [1.54, 1.807) is 0 Å². The van der Waals surface area contributed by atoms with Gasteiger partial charge in [-0.25, -0.2) is 13.1 Å². The van der Waals surface area contributed by atoms with Crippen molar-refractivity contribution in [1.29, 1.82) is 0 Å². The van der Waals surface area contributed by atoms with Crippen LogP contribution >= 0.6 is 0 Å². The fourth-order valence-corrected chi connectivity index (χ4v) is 5.04. The fourth-order valence-electron chi connectivity index (χ4n) is 3.82. The lowest BCUT2D eigenvalue weighted by Gasteiger charge is -2.32. The number of rotatable bonds is 14. The van der Waals surface area contributed by atoms with Crippen molar-refractivity contribution in [3.8, 4) is 0 Å². The number of aliphatic hydroxyl groups excluding tert-OH is 2. The Morgan fingerprint density at radius 1 is 1.14 bits per heavy atom. The Morgan fingerprint density at radius 2 is 1.79 bits per heavy atom. The number of nitrogens with one attached hydrogen (secondary N) is 2. The number of carbonyl (C=O) groups is 1. The van der Waals surface area contributed by atoms with Crippen LogP contribution < -0.4 is 10.0 Å². The van der Waals surface area contributed by atoms with Crippen molar-refractivity contribution in [3.63, 3.8) is 0 Å². The molecule has 4 N–H and O–H groups in total. The van der Waals surface area contributed by atoms with E-state index in [4.69, 9.17) is 0 Å². The van der Waals surface area contributed by atoms with Crippen LogP contribution in [0.3, 0.4) is 0 Å². The molecule has 0 aromatic carbocycles. The average Bonchev–Trinajstić information content (AvgIpc) is 2.65. The Balaban J connectivity index is 2.73. The molecule has 0 aromatic rings. The smallest absolute Gasteiger partial charge is 0.220 e. The van der Waals surface area contributed by atoms with Crippen LogP contribution in [0.4, 0.5) is 0 Å². The summed E-state index contributed by atoms with van der Waals surface area (Å²) in [6.45, 7) is 6.37. The van der Waals surface area contributed by atoms with Crippen LogP contribution in [0.5, 0.6) is 0 Å². The predicted octanol–water partition coefficient (Wildman–Crippen LogP) is 2.32. The summed E-state index contributed by atoms with van der Waals surface area (Å²) in [5.41, 5.74) is 0. The quantitative estimate of drug-likeness (QED) is 0.313. The molecule has 1 aliphatic rings. The van der Waals surface area contributed by atoms with Crippen molar-refractivity contribution in [1.82, 2.24) is 10.0 Å². The van der Waals surface area contributed by atoms with Gasteiger partial charge >= 0.3 is 0 Å². The Kier molecular flexibility index (Phi) is 12.3. The first-order valence-corrected chi connectivity index (χ1v) is 12.9.